The Morgan fingerprint density at radius 3 is 2.55 bits per heavy atom. The van der Waals surface area contributed by atoms with Gasteiger partial charge in [-0.3, -0.25) is 4.79 Å². The van der Waals surface area contributed by atoms with Gasteiger partial charge in [0.2, 0.25) is 10.0 Å². The predicted molar refractivity (Wildman–Crippen MR) is 74.4 cm³/mol. The maximum atomic E-state index is 12.1. The molecule has 106 valence electrons. The summed E-state index contributed by atoms with van der Waals surface area (Å²) >= 11 is 11.7. The van der Waals surface area contributed by atoms with Gasteiger partial charge in [-0.15, -0.1) is 0 Å². The van der Waals surface area contributed by atoms with Gasteiger partial charge in [-0.2, -0.15) is 0 Å². The van der Waals surface area contributed by atoms with E-state index in [1.165, 1.54) is 23.2 Å². The highest BCUT2D eigenvalue weighted by Gasteiger charge is 2.19. The van der Waals surface area contributed by atoms with Crippen molar-refractivity contribution in [3.63, 3.8) is 0 Å². The Morgan fingerprint density at radius 1 is 1.30 bits per heavy atom. The molecule has 0 fully saturated rings. The van der Waals surface area contributed by atoms with Crippen molar-refractivity contribution < 1.29 is 13.2 Å². The van der Waals surface area contributed by atoms with Crippen molar-refractivity contribution in [3.8, 4) is 0 Å². The zero-order chi connectivity index (χ0) is 14.9. The number of halogens is 2. The fourth-order valence-electron chi connectivity index (χ4n) is 1.59. The van der Waals surface area contributed by atoms with Gasteiger partial charge in [-0.05, 0) is 12.1 Å². The van der Waals surface area contributed by atoms with Gasteiger partial charge in [0, 0.05) is 18.0 Å². The molecule has 2 N–H and O–H groups in total. The first-order valence-electron chi connectivity index (χ1n) is 5.30. The number of hydrogen-bond donors (Lipinski definition) is 1. The van der Waals surface area contributed by atoms with Crippen LogP contribution >= 0.6 is 23.2 Å². The van der Waals surface area contributed by atoms with Crippen LogP contribution in [0.4, 0.5) is 0 Å². The Labute approximate surface area is 125 Å². The van der Waals surface area contributed by atoms with Crippen LogP contribution < -0.4 is 5.14 Å². The molecule has 0 aliphatic carbocycles. The topological polar surface area (TPSA) is 95.0 Å². The van der Waals surface area contributed by atoms with E-state index >= 15 is 0 Å². The van der Waals surface area contributed by atoms with Crippen LogP contribution in [0.15, 0.2) is 35.7 Å². The van der Waals surface area contributed by atoms with Crippen LogP contribution in [0.1, 0.15) is 10.4 Å². The number of nitrogens with two attached hydrogens (primary N) is 1. The molecule has 0 bridgehead atoms. The normalized spacial score (nSPS) is 11.6. The molecule has 0 unspecified atom stereocenters. The average Bonchev–Trinajstić information content (AvgIpc) is 2.79. The molecule has 1 heterocycles. The van der Waals surface area contributed by atoms with Crippen LogP contribution in [-0.2, 0) is 16.6 Å². The number of rotatable bonds is 4. The summed E-state index contributed by atoms with van der Waals surface area (Å²) in [5.41, 5.74) is 0.0359. The average molecular weight is 334 g/mol. The Balaban J connectivity index is 2.44. The highest BCUT2D eigenvalue weighted by atomic mass is 35.5. The summed E-state index contributed by atoms with van der Waals surface area (Å²) in [6.45, 7) is -0.0224. The minimum absolute atomic E-state index is 0.0224. The Morgan fingerprint density at radius 2 is 2.00 bits per heavy atom. The first-order valence-corrected chi connectivity index (χ1v) is 7.60. The van der Waals surface area contributed by atoms with E-state index in [4.69, 9.17) is 28.3 Å². The first-order chi connectivity index (χ1) is 9.29. The summed E-state index contributed by atoms with van der Waals surface area (Å²) in [6, 6.07) is 2.27. The van der Waals surface area contributed by atoms with Gasteiger partial charge in [0.1, 0.15) is 4.90 Å². The third-order valence-corrected chi connectivity index (χ3v) is 4.20. The van der Waals surface area contributed by atoms with E-state index in [2.05, 4.69) is 4.98 Å². The molecule has 6 nitrogen and oxygen atoms in total. The van der Waals surface area contributed by atoms with E-state index in [1.807, 2.05) is 0 Å². The van der Waals surface area contributed by atoms with Crippen molar-refractivity contribution in [1.82, 2.24) is 9.55 Å². The summed E-state index contributed by atoms with van der Waals surface area (Å²) in [5.74, 6) is -0.380. The van der Waals surface area contributed by atoms with Crippen LogP contribution in [0.5, 0.6) is 0 Å². The Kier molecular flexibility index (Phi) is 4.14. The molecular formula is C11H9Cl2N3O3S. The van der Waals surface area contributed by atoms with E-state index in [0.717, 1.165) is 6.07 Å². The number of sulfonamides is 1. The van der Waals surface area contributed by atoms with Gasteiger partial charge < -0.3 is 4.57 Å². The van der Waals surface area contributed by atoms with Crippen molar-refractivity contribution in [2.24, 2.45) is 5.14 Å². The molecule has 0 aliphatic heterocycles. The van der Waals surface area contributed by atoms with E-state index in [-0.39, 0.29) is 32.8 Å². The summed E-state index contributed by atoms with van der Waals surface area (Å²) in [4.78, 5) is 15.6. The number of ketones is 1. The summed E-state index contributed by atoms with van der Waals surface area (Å²) in [5, 5.41) is 4.97. The van der Waals surface area contributed by atoms with Crippen molar-refractivity contribution in [3.05, 3.63) is 46.5 Å². The van der Waals surface area contributed by atoms with Crippen LogP contribution in [0.25, 0.3) is 0 Å². The number of primary sulfonamides is 1. The minimum Gasteiger partial charge on any atom is -0.330 e. The Hall–Kier alpha value is -1.41. The molecule has 20 heavy (non-hydrogen) atoms. The molecule has 9 heteroatoms. The van der Waals surface area contributed by atoms with Crippen LogP contribution in [0.2, 0.25) is 10.0 Å². The van der Waals surface area contributed by atoms with E-state index in [9.17, 15) is 13.2 Å². The summed E-state index contributed by atoms with van der Waals surface area (Å²) in [6.07, 6.45) is 4.58. The van der Waals surface area contributed by atoms with Crippen molar-refractivity contribution >= 4 is 39.0 Å². The smallest absolute Gasteiger partial charge is 0.239 e. The number of carbonyl (C=O) groups excluding carboxylic acids is 1. The number of benzene rings is 1. The Bertz CT molecular complexity index is 757. The van der Waals surface area contributed by atoms with Gasteiger partial charge in [0.05, 0.1) is 22.9 Å². The van der Waals surface area contributed by atoms with E-state index in [0.29, 0.717) is 0 Å². The second-order valence-electron chi connectivity index (χ2n) is 3.97. The molecule has 0 atom stereocenters. The molecular weight excluding hydrogens is 325 g/mol. The predicted octanol–water partition coefficient (Wildman–Crippen LogP) is 1.72. The lowest BCUT2D eigenvalue weighted by atomic mass is 10.1. The second-order valence-corrected chi connectivity index (χ2v) is 6.31. The van der Waals surface area contributed by atoms with Gasteiger partial charge in [0.15, 0.2) is 5.78 Å². The van der Waals surface area contributed by atoms with Gasteiger partial charge in [-0.25, -0.2) is 18.5 Å². The first kappa shape index (κ1) is 15.0. The van der Waals surface area contributed by atoms with E-state index in [1.54, 1.807) is 6.20 Å². The summed E-state index contributed by atoms with van der Waals surface area (Å²) < 4.78 is 24.3. The number of hydrogen-bond acceptors (Lipinski definition) is 4. The lowest BCUT2D eigenvalue weighted by Crippen LogP contribution is -2.15. The SMILES string of the molecule is NS(=O)(=O)c1cc(C(=O)Cn2ccnc2)c(Cl)cc1Cl. The van der Waals surface area contributed by atoms with Crippen LogP contribution in [0.3, 0.4) is 0 Å². The van der Waals surface area contributed by atoms with Crippen LogP contribution in [-0.4, -0.2) is 23.8 Å². The van der Waals surface area contributed by atoms with Crippen molar-refractivity contribution in [2.45, 2.75) is 11.4 Å². The number of Topliss-reactive ketones (excluding diaryl/α,β-unsaturated/α-hetero) is 1. The quantitative estimate of drug-likeness (QED) is 0.861. The van der Waals surface area contributed by atoms with Gasteiger partial charge >= 0.3 is 0 Å². The largest absolute Gasteiger partial charge is 0.330 e. The summed E-state index contributed by atoms with van der Waals surface area (Å²) in [7, 11) is -4.03. The molecule has 0 amide bonds. The molecule has 0 radical (unpaired) electrons. The molecule has 1 aromatic carbocycles. The lowest BCUT2D eigenvalue weighted by molar-refractivity contribution is 0.0972. The van der Waals surface area contributed by atoms with Crippen LogP contribution in [0, 0.1) is 0 Å². The molecule has 0 spiro atoms. The fraction of sp³-hybridized carbons (Fsp3) is 0.0909. The maximum Gasteiger partial charge on any atom is 0.239 e. The highest BCUT2D eigenvalue weighted by molar-refractivity contribution is 7.89. The molecule has 0 saturated carbocycles. The monoisotopic (exact) mass is 333 g/mol. The molecule has 0 aliphatic rings. The highest BCUT2D eigenvalue weighted by Crippen LogP contribution is 2.28. The number of imidazole rings is 1. The molecule has 1 aromatic heterocycles. The van der Waals surface area contributed by atoms with E-state index < -0.39 is 10.0 Å². The third kappa shape index (κ3) is 3.18. The van der Waals surface area contributed by atoms with Gasteiger partial charge in [-0.1, -0.05) is 23.2 Å². The van der Waals surface area contributed by atoms with Gasteiger partial charge in [0.25, 0.3) is 0 Å². The van der Waals surface area contributed by atoms with Crippen molar-refractivity contribution in [2.75, 3.05) is 0 Å². The molecule has 2 aromatic rings. The minimum atomic E-state index is -4.03. The fourth-order valence-corrected chi connectivity index (χ4v) is 3.02. The zero-order valence-corrected chi connectivity index (χ0v) is 12.3. The molecule has 0 saturated heterocycles. The number of nitrogens with zero attached hydrogens (tertiary/aromatic N) is 2. The number of carbonyl (C=O) groups is 1. The standard InChI is InChI=1S/C11H9Cl2N3O3S/c12-8-4-9(13)11(20(14,18)19)3-7(8)10(17)5-16-2-1-15-6-16/h1-4,6H,5H2,(H2,14,18,19). The van der Waals surface area contributed by atoms with Crippen molar-refractivity contribution in [1.29, 1.82) is 0 Å². The third-order valence-electron chi connectivity index (χ3n) is 2.51. The second kappa shape index (κ2) is 5.53. The maximum absolute atomic E-state index is 12.1. The zero-order valence-electron chi connectivity index (χ0n) is 9.95. The molecule has 2 rings (SSSR count). The lowest BCUT2D eigenvalue weighted by Gasteiger charge is -2.08. The number of aromatic nitrogens is 2.